The standard InChI is InChI=1S/C14H13NO2/c15-13-8-4-7-11(14(16)17)12(13)9-10-5-2-1-3-6-10/h1-8H,9,15H2,(H,16,17). The first-order valence-electron chi connectivity index (χ1n) is 5.33. The molecule has 86 valence electrons. The number of hydrogen-bond acceptors (Lipinski definition) is 2. The summed E-state index contributed by atoms with van der Waals surface area (Å²) in [4.78, 5) is 11.1. The van der Waals surface area contributed by atoms with Gasteiger partial charge in [-0.2, -0.15) is 0 Å². The molecule has 0 aliphatic carbocycles. The number of carboxylic acids is 1. The fraction of sp³-hybridized carbons (Fsp3) is 0.0714. The van der Waals surface area contributed by atoms with Crippen LogP contribution in [0, 0.1) is 0 Å². The van der Waals surface area contributed by atoms with Crippen LogP contribution in [0.25, 0.3) is 0 Å². The van der Waals surface area contributed by atoms with Crippen LogP contribution >= 0.6 is 0 Å². The van der Waals surface area contributed by atoms with E-state index >= 15 is 0 Å². The Balaban J connectivity index is 2.41. The molecule has 0 amide bonds. The minimum atomic E-state index is -0.941. The van der Waals surface area contributed by atoms with E-state index in [1.807, 2.05) is 30.3 Å². The van der Waals surface area contributed by atoms with Crippen LogP contribution in [-0.2, 0) is 6.42 Å². The summed E-state index contributed by atoms with van der Waals surface area (Å²) in [6, 6.07) is 14.7. The van der Waals surface area contributed by atoms with Gasteiger partial charge in [-0.05, 0) is 23.3 Å². The lowest BCUT2D eigenvalue weighted by atomic mass is 9.98. The molecule has 0 aromatic heterocycles. The number of nitrogens with two attached hydrogens (primary N) is 1. The molecule has 0 unspecified atom stereocenters. The molecule has 0 radical (unpaired) electrons. The van der Waals surface area contributed by atoms with Crippen molar-refractivity contribution in [3.63, 3.8) is 0 Å². The summed E-state index contributed by atoms with van der Waals surface area (Å²) in [6.07, 6.45) is 0.537. The molecular formula is C14H13NO2. The summed E-state index contributed by atoms with van der Waals surface area (Å²) in [5.41, 5.74) is 8.36. The number of rotatable bonds is 3. The highest BCUT2D eigenvalue weighted by molar-refractivity contribution is 5.91. The normalized spacial score (nSPS) is 10.1. The lowest BCUT2D eigenvalue weighted by molar-refractivity contribution is 0.0696. The van der Waals surface area contributed by atoms with Crippen molar-refractivity contribution < 1.29 is 9.90 Å². The zero-order chi connectivity index (χ0) is 12.3. The SMILES string of the molecule is Nc1cccc(C(=O)O)c1Cc1ccccc1. The molecule has 0 saturated carbocycles. The van der Waals surface area contributed by atoms with Gasteiger partial charge in [0.05, 0.1) is 5.56 Å². The monoisotopic (exact) mass is 227 g/mol. The predicted octanol–water partition coefficient (Wildman–Crippen LogP) is 2.56. The van der Waals surface area contributed by atoms with E-state index in [1.54, 1.807) is 18.2 Å². The van der Waals surface area contributed by atoms with E-state index in [4.69, 9.17) is 10.8 Å². The average Bonchev–Trinajstić information content (AvgIpc) is 2.33. The van der Waals surface area contributed by atoms with E-state index in [9.17, 15) is 4.79 Å². The second-order valence-electron chi connectivity index (χ2n) is 3.84. The molecule has 0 heterocycles. The van der Waals surface area contributed by atoms with Crippen molar-refractivity contribution in [2.75, 3.05) is 5.73 Å². The van der Waals surface area contributed by atoms with Gasteiger partial charge in [-0.15, -0.1) is 0 Å². The van der Waals surface area contributed by atoms with Crippen LogP contribution in [0.3, 0.4) is 0 Å². The van der Waals surface area contributed by atoms with Crippen molar-refractivity contribution in [2.24, 2.45) is 0 Å². The topological polar surface area (TPSA) is 63.3 Å². The number of nitrogen functional groups attached to an aromatic ring is 1. The Morgan fingerprint density at radius 2 is 1.76 bits per heavy atom. The van der Waals surface area contributed by atoms with E-state index in [1.165, 1.54) is 0 Å². The summed E-state index contributed by atoms with van der Waals surface area (Å²) >= 11 is 0. The lowest BCUT2D eigenvalue weighted by Crippen LogP contribution is -2.06. The van der Waals surface area contributed by atoms with Gasteiger partial charge in [-0.1, -0.05) is 36.4 Å². The Bertz CT molecular complexity index is 535. The molecule has 0 fully saturated rings. The van der Waals surface area contributed by atoms with E-state index < -0.39 is 5.97 Å². The van der Waals surface area contributed by atoms with Crippen LogP contribution in [0.15, 0.2) is 48.5 Å². The third-order valence-corrected chi connectivity index (χ3v) is 2.67. The molecule has 3 heteroatoms. The summed E-state index contributed by atoms with van der Waals surface area (Å²) in [7, 11) is 0. The summed E-state index contributed by atoms with van der Waals surface area (Å²) in [5.74, 6) is -0.941. The van der Waals surface area contributed by atoms with Gasteiger partial charge in [-0.25, -0.2) is 4.79 Å². The van der Waals surface area contributed by atoms with Crippen molar-refractivity contribution in [1.82, 2.24) is 0 Å². The van der Waals surface area contributed by atoms with Gasteiger partial charge in [-0.3, -0.25) is 0 Å². The highest BCUT2D eigenvalue weighted by Crippen LogP contribution is 2.21. The van der Waals surface area contributed by atoms with Crippen LogP contribution < -0.4 is 5.73 Å². The predicted molar refractivity (Wildman–Crippen MR) is 67.1 cm³/mol. The van der Waals surface area contributed by atoms with Crippen LogP contribution in [0.2, 0.25) is 0 Å². The molecule has 2 rings (SSSR count). The lowest BCUT2D eigenvalue weighted by Gasteiger charge is -2.09. The average molecular weight is 227 g/mol. The molecule has 0 bridgehead atoms. The first-order valence-corrected chi connectivity index (χ1v) is 5.33. The number of aromatic carboxylic acids is 1. The third kappa shape index (κ3) is 2.45. The van der Waals surface area contributed by atoms with E-state index in [2.05, 4.69) is 0 Å². The van der Waals surface area contributed by atoms with Crippen molar-refractivity contribution in [3.05, 3.63) is 65.2 Å². The van der Waals surface area contributed by atoms with Crippen molar-refractivity contribution in [2.45, 2.75) is 6.42 Å². The number of hydrogen-bond donors (Lipinski definition) is 2. The highest BCUT2D eigenvalue weighted by Gasteiger charge is 2.12. The van der Waals surface area contributed by atoms with Gasteiger partial charge in [0.25, 0.3) is 0 Å². The van der Waals surface area contributed by atoms with Gasteiger partial charge < -0.3 is 10.8 Å². The molecule has 2 aromatic carbocycles. The van der Waals surface area contributed by atoms with Gasteiger partial charge >= 0.3 is 5.97 Å². The number of carbonyl (C=O) groups is 1. The Labute approximate surface area is 99.5 Å². The van der Waals surface area contributed by atoms with Gasteiger partial charge in [0, 0.05) is 12.1 Å². The summed E-state index contributed by atoms with van der Waals surface area (Å²) in [5, 5.41) is 9.11. The fourth-order valence-electron chi connectivity index (χ4n) is 1.80. The molecule has 0 atom stereocenters. The quantitative estimate of drug-likeness (QED) is 0.792. The first kappa shape index (κ1) is 11.2. The van der Waals surface area contributed by atoms with Crippen molar-refractivity contribution in [1.29, 1.82) is 0 Å². The van der Waals surface area contributed by atoms with Crippen LogP contribution in [0.4, 0.5) is 5.69 Å². The number of anilines is 1. The smallest absolute Gasteiger partial charge is 0.336 e. The zero-order valence-corrected chi connectivity index (χ0v) is 9.26. The van der Waals surface area contributed by atoms with Gasteiger partial charge in [0.2, 0.25) is 0 Å². The number of benzene rings is 2. The minimum Gasteiger partial charge on any atom is -0.478 e. The van der Waals surface area contributed by atoms with E-state index in [-0.39, 0.29) is 5.56 Å². The summed E-state index contributed by atoms with van der Waals surface area (Å²) < 4.78 is 0. The third-order valence-electron chi connectivity index (χ3n) is 2.67. The maximum absolute atomic E-state index is 11.1. The summed E-state index contributed by atoms with van der Waals surface area (Å²) in [6.45, 7) is 0. The molecule has 0 aliphatic rings. The van der Waals surface area contributed by atoms with Gasteiger partial charge in [0.1, 0.15) is 0 Å². The van der Waals surface area contributed by atoms with Crippen LogP contribution in [-0.4, -0.2) is 11.1 Å². The van der Waals surface area contributed by atoms with Crippen molar-refractivity contribution in [3.8, 4) is 0 Å². The molecule has 3 nitrogen and oxygen atoms in total. The largest absolute Gasteiger partial charge is 0.478 e. The highest BCUT2D eigenvalue weighted by atomic mass is 16.4. The molecular weight excluding hydrogens is 214 g/mol. The maximum Gasteiger partial charge on any atom is 0.336 e. The Kier molecular flexibility index (Phi) is 3.10. The molecule has 0 spiro atoms. The van der Waals surface area contributed by atoms with Gasteiger partial charge in [0.15, 0.2) is 0 Å². The van der Waals surface area contributed by atoms with Crippen molar-refractivity contribution >= 4 is 11.7 Å². The van der Waals surface area contributed by atoms with E-state index in [0.29, 0.717) is 17.7 Å². The fourth-order valence-corrected chi connectivity index (χ4v) is 1.80. The molecule has 2 aromatic rings. The molecule has 0 aliphatic heterocycles. The van der Waals surface area contributed by atoms with Crippen LogP contribution in [0.5, 0.6) is 0 Å². The molecule has 3 N–H and O–H groups in total. The van der Waals surface area contributed by atoms with Crippen LogP contribution in [0.1, 0.15) is 21.5 Å². The first-order chi connectivity index (χ1) is 8.18. The van der Waals surface area contributed by atoms with E-state index in [0.717, 1.165) is 5.56 Å². The minimum absolute atomic E-state index is 0.272. The second-order valence-corrected chi connectivity index (χ2v) is 3.84. The second kappa shape index (κ2) is 4.70. The zero-order valence-electron chi connectivity index (χ0n) is 9.26. The number of carboxylic acid groups (broad SMARTS) is 1. The molecule has 0 saturated heterocycles. The Morgan fingerprint density at radius 1 is 1.06 bits per heavy atom. The molecule has 17 heavy (non-hydrogen) atoms. The Morgan fingerprint density at radius 3 is 2.41 bits per heavy atom. The maximum atomic E-state index is 11.1. The Hall–Kier alpha value is -2.29.